The van der Waals surface area contributed by atoms with E-state index in [-0.39, 0.29) is 18.0 Å². The minimum Gasteiger partial charge on any atom is -0.496 e. The third-order valence-electron chi connectivity index (χ3n) is 2.49. The molecule has 5 nitrogen and oxygen atoms in total. The molecule has 0 bridgehead atoms. The van der Waals surface area contributed by atoms with Crippen molar-refractivity contribution in [1.29, 1.82) is 0 Å². The summed E-state index contributed by atoms with van der Waals surface area (Å²) in [6, 6.07) is 4.56. The van der Waals surface area contributed by atoms with Crippen LogP contribution in [-0.2, 0) is 16.6 Å². The molecule has 0 spiro atoms. The Morgan fingerprint density at radius 3 is 2.67 bits per heavy atom. The zero-order chi connectivity index (χ0) is 13.8. The number of nitrogens with zero attached hydrogens (tertiary/aromatic N) is 1. The molecule has 2 N–H and O–H groups in total. The molecule has 1 aromatic rings. The van der Waals surface area contributed by atoms with Gasteiger partial charge in [-0.05, 0) is 18.2 Å². The Bertz CT molecular complexity index is 561. The summed E-state index contributed by atoms with van der Waals surface area (Å²) in [7, 11) is -0.640. The number of benzene rings is 1. The smallest absolute Gasteiger partial charge is 0.243 e. The van der Waals surface area contributed by atoms with Crippen LogP contribution in [0.2, 0.25) is 0 Å². The molecule has 0 heterocycles. The Hall–Kier alpha value is -1.55. The van der Waals surface area contributed by atoms with Gasteiger partial charge >= 0.3 is 0 Å². The standard InChI is InChI=1S/C12H16N2O3S/c1-4-7-14(2)18(15,16)11-5-6-12(17-3)10(8-11)9-13/h1,5-6,8H,7,9,13H2,2-3H3. The third-order valence-corrected chi connectivity index (χ3v) is 4.29. The van der Waals surface area contributed by atoms with Crippen LogP contribution in [0.5, 0.6) is 5.75 Å². The summed E-state index contributed by atoms with van der Waals surface area (Å²) < 4.78 is 30.5. The molecular weight excluding hydrogens is 252 g/mol. The van der Waals surface area contributed by atoms with Gasteiger partial charge in [-0.1, -0.05) is 5.92 Å². The number of hydrogen-bond donors (Lipinski definition) is 1. The molecule has 0 aliphatic heterocycles. The highest BCUT2D eigenvalue weighted by Gasteiger charge is 2.21. The number of terminal acetylenes is 1. The summed E-state index contributed by atoms with van der Waals surface area (Å²) in [6.45, 7) is 0.220. The van der Waals surface area contributed by atoms with Gasteiger partial charge in [0, 0.05) is 19.2 Å². The number of ether oxygens (including phenoxy) is 1. The monoisotopic (exact) mass is 268 g/mol. The molecule has 0 fully saturated rings. The molecule has 6 heteroatoms. The highest BCUT2D eigenvalue weighted by Crippen LogP contribution is 2.23. The summed E-state index contributed by atoms with van der Waals surface area (Å²) in [5, 5.41) is 0. The summed E-state index contributed by atoms with van der Waals surface area (Å²) >= 11 is 0. The number of methoxy groups -OCH3 is 1. The van der Waals surface area contributed by atoms with Crippen LogP contribution in [0.4, 0.5) is 0 Å². The lowest BCUT2D eigenvalue weighted by Crippen LogP contribution is -2.27. The molecule has 18 heavy (non-hydrogen) atoms. The van der Waals surface area contributed by atoms with Crippen LogP contribution in [0.25, 0.3) is 0 Å². The minimum absolute atomic E-state index is 0.0202. The largest absolute Gasteiger partial charge is 0.496 e. The molecular formula is C12H16N2O3S. The Morgan fingerprint density at radius 1 is 1.50 bits per heavy atom. The predicted molar refractivity (Wildman–Crippen MR) is 69.5 cm³/mol. The average molecular weight is 268 g/mol. The van der Waals surface area contributed by atoms with E-state index >= 15 is 0 Å². The average Bonchev–Trinajstić information content (AvgIpc) is 2.38. The highest BCUT2D eigenvalue weighted by molar-refractivity contribution is 7.89. The summed E-state index contributed by atoms with van der Waals surface area (Å²) in [5.74, 6) is 2.86. The first kappa shape index (κ1) is 14.5. The molecule has 0 aromatic heterocycles. The van der Waals surface area contributed by atoms with Crippen LogP contribution in [0, 0.1) is 12.3 Å². The van der Waals surface area contributed by atoms with E-state index in [1.54, 1.807) is 6.07 Å². The fourth-order valence-corrected chi connectivity index (χ4v) is 2.60. The van der Waals surface area contributed by atoms with Crippen LogP contribution in [-0.4, -0.2) is 33.4 Å². The van der Waals surface area contributed by atoms with Gasteiger partial charge in [0.05, 0.1) is 18.6 Å². The predicted octanol–water partition coefficient (Wildman–Crippen LogP) is 0.408. The second kappa shape index (κ2) is 5.87. The highest BCUT2D eigenvalue weighted by atomic mass is 32.2. The van der Waals surface area contributed by atoms with E-state index < -0.39 is 10.0 Å². The van der Waals surface area contributed by atoms with Crippen molar-refractivity contribution >= 4 is 10.0 Å². The lowest BCUT2D eigenvalue weighted by atomic mass is 10.2. The fraction of sp³-hybridized carbons (Fsp3) is 0.333. The SMILES string of the molecule is C#CCN(C)S(=O)(=O)c1ccc(OC)c(CN)c1. The summed E-state index contributed by atoms with van der Waals surface area (Å²) in [4.78, 5) is 0.154. The van der Waals surface area contributed by atoms with Crippen molar-refractivity contribution in [3.63, 3.8) is 0 Å². The van der Waals surface area contributed by atoms with Gasteiger partial charge in [-0.25, -0.2) is 8.42 Å². The van der Waals surface area contributed by atoms with Crippen LogP contribution in [0.15, 0.2) is 23.1 Å². The number of sulfonamides is 1. The van der Waals surface area contributed by atoms with E-state index in [0.717, 1.165) is 4.31 Å². The molecule has 0 atom stereocenters. The maximum atomic E-state index is 12.1. The van der Waals surface area contributed by atoms with Gasteiger partial charge in [0.1, 0.15) is 5.75 Å². The quantitative estimate of drug-likeness (QED) is 0.785. The van der Waals surface area contributed by atoms with Gasteiger partial charge in [-0.3, -0.25) is 0 Å². The van der Waals surface area contributed by atoms with Crippen molar-refractivity contribution < 1.29 is 13.2 Å². The molecule has 0 unspecified atom stereocenters. The zero-order valence-electron chi connectivity index (χ0n) is 10.4. The van der Waals surface area contributed by atoms with Gasteiger partial charge in [-0.2, -0.15) is 4.31 Å². The Balaban J connectivity index is 3.22. The first-order valence-corrected chi connectivity index (χ1v) is 6.68. The second-order valence-corrected chi connectivity index (χ2v) is 5.69. The topological polar surface area (TPSA) is 72.6 Å². The lowest BCUT2D eigenvalue weighted by Gasteiger charge is -2.15. The molecule has 1 aromatic carbocycles. The summed E-state index contributed by atoms with van der Waals surface area (Å²) in [5.41, 5.74) is 6.18. The molecule has 98 valence electrons. The first-order chi connectivity index (χ1) is 8.47. The Labute approximate surface area is 108 Å². The van der Waals surface area contributed by atoms with Crippen LogP contribution in [0.1, 0.15) is 5.56 Å². The van der Waals surface area contributed by atoms with Crippen molar-refractivity contribution in [2.24, 2.45) is 5.73 Å². The van der Waals surface area contributed by atoms with Crippen molar-refractivity contribution in [2.75, 3.05) is 20.7 Å². The van der Waals surface area contributed by atoms with Gasteiger partial charge in [0.25, 0.3) is 0 Å². The molecule has 1 rings (SSSR count). The molecule has 0 aliphatic rings. The fourth-order valence-electron chi connectivity index (χ4n) is 1.47. The van der Waals surface area contributed by atoms with Crippen molar-refractivity contribution in [3.8, 4) is 18.1 Å². The lowest BCUT2D eigenvalue weighted by molar-refractivity contribution is 0.409. The normalized spacial score (nSPS) is 11.3. The molecule has 0 saturated carbocycles. The van der Waals surface area contributed by atoms with E-state index in [0.29, 0.717) is 11.3 Å². The number of nitrogens with two attached hydrogens (primary N) is 1. The van der Waals surface area contributed by atoms with Crippen molar-refractivity contribution in [1.82, 2.24) is 4.31 Å². The number of hydrogen-bond acceptors (Lipinski definition) is 4. The Kier molecular flexibility index (Phi) is 4.73. The van der Waals surface area contributed by atoms with E-state index in [4.69, 9.17) is 16.9 Å². The maximum absolute atomic E-state index is 12.1. The van der Waals surface area contributed by atoms with Crippen LogP contribution < -0.4 is 10.5 Å². The van der Waals surface area contributed by atoms with Crippen molar-refractivity contribution in [3.05, 3.63) is 23.8 Å². The van der Waals surface area contributed by atoms with Crippen LogP contribution in [0.3, 0.4) is 0 Å². The zero-order valence-corrected chi connectivity index (χ0v) is 11.2. The minimum atomic E-state index is -3.58. The van der Waals surface area contributed by atoms with Crippen LogP contribution >= 0.6 is 0 Å². The second-order valence-electron chi connectivity index (χ2n) is 3.64. The summed E-state index contributed by atoms with van der Waals surface area (Å²) in [6.07, 6.45) is 5.11. The van der Waals surface area contributed by atoms with Gasteiger partial charge in [0.15, 0.2) is 0 Å². The number of rotatable bonds is 5. The Morgan fingerprint density at radius 2 is 2.17 bits per heavy atom. The van der Waals surface area contributed by atoms with Gasteiger partial charge < -0.3 is 10.5 Å². The van der Waals surface area contributed by atoms with E-state index in [1.165, 1.54) is 26.3 Å². The van der Waals surface area contributed by atoms with E-state index in [2.05, 4.69) is 5.92 Å². The molecule has 0 radical (unpaired) electrons. The van der Waals surface area contributed by atoms with Gasteiger partial charge in [0.2, 0.25) is 10.0 Å². The van der Waals surface area contributed by atoms with Crippen molar-refractivity contribution in [2.45, 2.75) is 11.4 Å². The molecule has 0 aliphatic carbocycles. The van der Waals surface area contributed by atoms with Gasteiger partial charge in [-0.15, -0.1) is 6.42 Å². The molecule has 0 amide bonds. The first-order valence-electron chi connectivity index (χ1n) is 5.24. The van der Waals surface area contributed by atoms with E-state index in [1.807, 2.05) is 0 Å². The maximum Gasteiger partial charge on any atom is 0.243 e. The third kappa shape index (κ3) is 2.82. The van der Waals surface area contributed by atoms with E-state index in [9.17, 15) is 8.42 Å². The molecule has 0 saturated heterocycles.